The molecule has 0 amide bonds. The number of unbranched alkanes of at least 4 members (excludes halogenated alkanes) is 21. The standard InChI is InChI=1S/C51H94NO7P/c1-6-8-10-12-14-16-18-20-22-24-26-28-30-32-34-36-38-40-42-44-51(53)59-50(49-58-60(54,55)57-47-45-52(3,4)5)48-56-46-43-41-39-37-35-33-31-29-27-25-23-21-19-17-15-13-11-9-7-2/h8,10,14,16,20,22,26,28,32,34,50H,6-7,9,11-13,15,17-19,21,23-25,27,29-31,33,35-49H2,1-5H3/b10-8-,16-14-,22-20-,28-26-,34-32-. The zero-order valence-electron chi connectivity index (χ0n) is 39.6. The molecule has 0 bridgehead atoms. The van der Waals surface area contributed by atoms with Crippen LogP contribution in [0.15, 0.2) is 60.8 Å². The molecule has 2 unspecified atom stereocenters. The highest BCUT2D eigenvalue weighted by atomic mass is 31.2. The quantitative estimate of drug-likeness (QED) is 0.0198. The number of ether oxygens (including phenoxy) is 2. The van der Waals surface area contributed by atoms with E-state index < -0.39 is 13.9 Å². The third kappa shape index (κ3) is 47.3. The molecular formula is C51H94NO7P. The lowest BCUT2D eigenvalue weighted by Crippen LogP contribution is -2.37. The Morgan fingerprint density at radius 2 is 0.967 bits per heavy atom. The molecule has 0 spiro atoms. The van der Waals surface area contributed by atoms with Crippen LogP contribution in [-0.4, -0.2) is 70.7 Å². The van der Waals surface area contributed by atoms with Crippen LogP contribution in [0.4, 0.5) is 0 Å². The number of phosphoric acid groups is 1. The van der Waals surface area contributed by atoms with Crippen LogP contribution in [0.2, 0.25) is 0 Å². The van der Waals surface area contributed by atoms with E-state index in [0.717, 1.165) is 64.2 Å². The minimum absolute atomic E-state index is 0.0181. The summed E-state index contributed by atoms with van der Waals surface area (Å²) < 4.78 is 34.7. The van der Waals surface area contributed by atoms with Gasteiger partial charge in [-0.3, -0.25) is 9.36 Å². The van der Waals surface area contributed by atoms with Crippen molar-refractivity contribution in [2.24, 2.45) is 0 Å². The lowest BCUT2D eigenvalue weighted by molar-refractivity contribution is -0.870. The van der Waals surface area contributed by atoms with Crippen molar-refractivity contribution in [2.45, 2.75) is 206 Å². The van der Waals surface area contributed by atoms with Crippen LogP contribution in [-0.2, 0) is 27.9 Å². The Balaban J connectivity index is 4.23. The summed E-state index contributed by atoms with van der Waals surface area (Å²) in [6.07, 6.45) is 55.3. The zero-order chi connectivity index (χ0) is 44.1. The molecule has 0 aromatic heterocycles. The van der Waals surface area contributed by atoms with E-state index in [1.165, 1.54) is 109 Å². The number of hydrogen-bond donors (Lipinski definition) is 0. The molecule has 0 aromatic rings. The molecule has 0 saturated carbocycles. The van der Waals surface area contributed by atoms with Gasteiger partial charge in [-0.15, -0.1) is 0 Å². The van der Waals surface area contributed by atoms with Gasteiger partial charge < -0.3 is 27.9 Å². The second-order valence-electron chi connectivity index (χ2n) is 17.4. The maximum Gasteiger partial charge on any atom is 0.306 e. The van der Waals surface area contributed by atoms with E-state index in [2.05, 4.69) is 74.6 Å². The van der Waals surface area contributed by atoms with Gasteiger partial charge in [0.05, 0.1) is 34.4 Å². The van der Waals surface area contributed by atoms with Crippen molar-refractivity contribution in [3.8, 4) is 0 Å². The Hall–Kier alpha value is -1.80. The molecule has 0 rings (SSSR count). The highest BCUT2D eigenvalue weighted by Gasteiger charge is 2.20. The molecule has 0 aliphatic rings. The predicted molar refractivity (Wildman–Crippen MR) is 254 cm³/mol. The summed E-state index contributed by atoms with van der Waals surface area (Å²) in [7, 11) is 1.33. The van der Waals surface area contributed by atoms with Gasteiger partial charge in [0.1, 0.15) is 19.3 Å². The summed E-state index contributed by atoms with van der Waals surface area (Å²) in [6.45, 7) is 5.27. The molecule has 0 radical (unpaired) electrons. The lowest BCUT2D eigenvalue weighted by Gasteiger charge is -2.28. The van der Waals surface area contributed by atoms with Gasteiger partial charge in [-0.25, -0.2) is 0 Å². The van der Waals surface area contributed by atoms with Crippen molar-refractivity contribution in [1.29, 1.82) is 0 Å². The van der Waals surface area contributed by atoms with Crippen LogP contribution in [0.1, 0.15) is 200 Å². The highest BCUT2D eigenvalue weighted by Crippen LogP contribution is 2.38. The molecule has 350 valence electrons. The number of hydrogen-bond acceptors (Lipinski definition) is 7. The normalized spacial score (nSPS) is 14.2. The van der Waals surface area contributed by atoms with Crippen LogP contribution in [0.5, 0.6) is 0 Å². The molecular weight excluding hydrogens is 770 g/mol. The minimum atomic E-state index is -4.54. The number of nitrogens with zero attached hydrogens (tertiary/aromatic N) is 1. The van der Waals surface area contributed by atoms with E-state index in [1.54, 1.807) is 0 Å². The van der Waals surface area contributed by atoms with Crippen molar-refractivity contribution in [3.05, 3.63) is 60.8 Å². The Kier molecular flexibility index (Phi) is 42.5. The first-order chi connectivity index (χ1) is 29.1. The maximum absolute atomic E-state index is 12.7. The van der Waals surface area contributed by atoms with Gasteiger partial charge in [0.2, 0.25) is 0 Å². The van der Waals surface area contributed by atoms with E-state index in [4.69, 9.17) is 18.5 Å². The van der Waals surface area contributed by atoms with Crippen molar-refractivity contribution < 1.29 is 37.3 Å². The molecule has 0 fully saturated rings. The smallest absolute Gasteiger partial charge is 0.306 e. The third-order valence-electron chi connectivity index (χ3n) is 10.3. The fourth-order valence-corrected chi connectivity index (χ4v) is 7.30. The van der Waals surface area contributed by atoms with Crippen molar-refractivity contribution in [1.82, 2.24) is 0 Å². The predicted octanol–water partition coefficient (Wildman–Crippen LogP) is 14.3. The summed E-state index contributed by atoms with van der Waals surface area (Å²) >= 11 is 0. The van der Waals surface area contributed by atoms with Gasteiger partial charge in [0, 0.05) is 13.0 Å². The number of likely N-dealkylation sites (N-methyl/N-ethyl adjacent to an activating group) is 1. The highest BCUT2D eigenvalue weighted by molar-refractivity contribution is 7.45. The number of carbonyl (C=O) groups excluding carboxylic acids is 1. The van der Waals surface area contributed by atoms with Crippen LogP contribution in [0.3, 0.4) is 0 Å². The fourth-order valence-electron chi connectivity index (χ4n) is 6.57. The molecule has 9 heteroatoms. The molecule has 0 N–H and O–H groups in total. The number of allylic oxidation sites excluding steroid dienone is 10. The second-order valence-corrected chi connectivity index (χ2v) is 18.9. The Bertz CT molecular complexity index is 1140. The van der Waals surface area contributed by atoms with Crippen LogP contribution in [0.25, 0.3) is 0 Å². The minimum Gasteiger partial charge on any atom is -0.756 e. The number of phosphoric ester groups is 1. The van der Waals surface area contributed by atoms with Crippen molar-refractivity contribution in [3.63, 3.8) is 0 Å². The van der Waals surface area contributed by atoms with E-state index in [1.807, 2.05) is 21.1 Å². The number of esters is 1. The Labute approximate surface area is 370 Å². The third-order valence-corrected chi connectivity index (χ3v) is 11.3. The van der Waals surface area contributed by atoms with E-state index in [-0.39, 0.29) is 32.2 Å². The molecule has 0 saturated heterocycles. The lowest BCUT2D eigenvalue weighted by atomic mass is 10.0. The average molecular weight is 864 g/mol. The number of carbonyl (C=O) groups is 1. The summed E-state index contributed by atoms with van der Waals surface area (Å²) in [5.74, 6) is -0.364. The zero-order valence-corrected chi connectivity index (χ0v) is 40.5. The van der Waals surface area contributed by atoms with Crippen LogP contribution < -0.4 is 4.89 Å². The molecule has 0 aliphatic carbocycles. The Morgan fingerprint density at radius 1 is 0.533 bits per heavy atom. The molecule has 0 aliphatic heterocycles. The SMILES string of the molecule is CC/C=C\C/C=C\C/C=C\C/C=C\C/C=C\CCCCCC(=O)OC(COCCCCCCCCCCCCCCCCCCCCC)COP(=O)([O-])OCC[N+](C)(C)C. The van der Waals surface area contributed by atoms with E-state index in [9.17, 15) is 14.3 Å². The average Bonchev–Trinajstić information content (AvgIpc) is 3.20. The van der Waals surface area contributed by atoms with Gasteiger partial charge >= 0.3 is 5.97 Å². The first-order valence-electron chi connectivity index (χ1n) is 24.5. The van der Waals surface area contributed by atoms with E-state index in [0.29, 0.717) is 24.1 Å². The first kappa shape index (κ1) is 58.2. The number of rotatable bonds is 45. The summed E-state index contributed by atoms with van der Waals surface area (Å²) in [6, 6.07) is 0. The van der Waals surface area contributed by atoms with Gasteiger partial charge in [0.15, 0.2) is 0 Å². The topological polar surface area (TPSA) is 94.1 Å². The van der Waals surface area contributed by atoms with Crippen molar-refractivity contribution >= 4 is 13.8 Å². The molecule has 0 aromatic carbocycles. The second kappa shape index (κ2) is 43.8. The largest absolute Gasteiger partial charge is 0.756 e. The van der Waals surface area contributed by atoms with Crippen LogP contribution in [0, 0.1) is 0 Å². The van der Waals surface area contributed by atoms with Gasteiger partial charge in [-0.1, -0.05) is 197 Å². The first-order valence-corrected chi connectivity index (χ1v) is 26.0. The van der Waals surface area contributed by atoms with Gasteiger partial charge in [-0.2, -0.15) is 0 Å². The van der Waals surface area contributed by atoms with Crippen molar-refractivity contribution in [2.75, 3.05) is 54.1 Å². The molecule has 0 heterocycles. The fraction of sp³-hybridized carbons (Fsp3) is 0.784. The van der Waals surface area contributed by atoms with Crippen LogP contribution >= 0.6 is 7.82 Å². The molecule has 2 atom stereocenters. The van der Waals surface area contributed by atoms with Gasteiger partial charge in [-0.05, 0) is 57.8 Å². The monoisotopic (exact) mass is 864 g/mol. The van der Waals surface area contributed by atoms with Gasteiger partial charge in [0.25, 0.3) is 7.82 Å². The molecule has 8 nitrogen and oxygen atoms in total. The van der Waals surface area contributed by atoms with E-state index >= 15 is 0 Å². The Morgan fingerprint density at radius 3 is 1.43 bits per heavy atom. The summed E-state index contributed by atoms with van der Waals surface area (Å²) in [5.41, 5.74) is 0. The maximum atomic E-state index is 12.7. The molecule has 60 heavy (non-hydrogen) atoms. The number of quaternary nitrogens is 1. The summed E-state index contributed by atoms with van der Waals surface area (Å²) in [4.78, 5) is 25.1. The summed E-state index contributed by atoms with van der Waals surface area (Å²) in [5, 5.41) is 0.